The topological polar surface area (TPSA) is 146 Å². The first-order valence-electron chi connectivity index (χ1n) is 22.2. The number of quaternary nitrogens is 1. The molecule has 0 saturated heterocycles. The predicted octanol–water partition coefficient (Wildman–Crippen LogP) is 7.21. The van der Waals surface area contributed by atoms with Gasteiger partial charge in [-0.1, -0.05) is 142 Å². The number of nitrogens with zero attached hydrogens (tertiary/aromatic N) is 1. The van der Waals surface area contributed by atoms with Gasteiger partial charge >= 0.3 is 0 Å². The van der Waals surface area contributed by atoms with Crippen molar-refractivity contribution < 1.29 is 28.5 Å². The van der Waals surface area contributed by atoms with E-state index >= 15 is 0 Å². The monoisotopic (exact) mass is 766 g/mol. The second kappa shape index (κ2) is 36.0. The fraction of sp³-hybridized carbons (Fsp3) is 0.884. The number of nitrogens with one attached hydrogen (secondary N) is 5. The molecule has 0 fully saturated rings. The summed E-state index contributed by atoms with van der Waals surface area (Å²) in [7, 11) is 6.41. The molecule has 0 aromatic heterocycles. The summed E-state index contributed by atoms with van der Waals surface area (Å²) >= 11 is 0. The number of rotatable bonds is 38. The summed E-state index contributed by atoms with van der Waals surface area (Å²) in [5.74, 6) is -1.96. The summed E-state index contributed by atoms with van der Waals surface area (Å²) in [6.45, 7) is 5.95. The molecule has 0 aromatic rings. The molecule has 0 unspecified atom stereocenters. The molecule has 0 heterocycles. The number of amides is 5. The highest BCUT2D eigenvalue weighted by atomic mass is 16.2. The van der Waals surface area contributed by atoms with Crippen molar-refractivity contribution in [2.24, 2.45) is 0 Å². The third-order valence-corrected chi connectivity index (χ3v) is 9.85. The van der Waals surface area contributed by atoms with Gasteiger partial charge in [-0.25, -0.2) is 0 Å². The maximum atomic E-state index is 13.1. The first kappa shape index (κ1) is 51.3. The second-order valence-electron chi connectivity index (χ2n) is 16.4. The maximum absolute atomic E-state index is 13.1. The van der Waals surface area contributed by atoms with E-state index in [0.717, 1.165) is 68.8 Å². The Bertz CT molecular complexity index is 970. The van der Waals surface area contributed by atoms with E-state index in [1.165, 1.54) is 103 Å². The summed E-state index contributed by atoms with van der Waals surface area (Å²) in [5, 5.41) is 13.6. The first-order valence-corrected chi connectivity index (χ1v) is 22.2. The Morgan fingerprint density at radius 3 is 1.31 bits per heavy atom. The van der Waals surface area contributed by atoms with Gasteiger partial charge in [-0.05, 0) is 32.1 Å². The molecule has 0 rings (SSSR count). The van der Waals surface area contributed by atoms with Crippen LogP contribution in [0.1, 0.15) is 187 Å². The Kier molecular flexibility index (Phi) is 34.2. The zero-order chi connectivity index (χ0) is 40.1. The molecule has 0 spiro atoms. The Hall–Kier alpha value is -2.69. The molecule has 0 bridgehead atoms. The molecule has 54 heavy (non-hydrogen) atoms. The van der Waals surface area contributed by atoms with Gasteiger partial charge in [0.05, 0.1) is 47.2 Å². The van der Waals surface area contributed by atoms with Crippen molar-refractivity contribution in [2.45, 2.75) is 193 Å². The summed E-state index contributed by atoms with van der Waals surface area (Å²) in [5.41, 5.74) is 0. The minimum absolute atomic E-state index is 0.174. The average molecular weight is 766 g/mol. The van der Waals surface area contributed by atoms with Crippen LogP contribution in [-0.4, -0.2) is 93.9 Å². The van der Waals surface area contributed by atoms with Crippen molar-refractivity contribution in [2.75, 3.05) is 53.9 Å². The summed E-state index contributed by atoms with van der Waals surface area (Å²) < 4.78 is 0.886. The van der Waals surface area contributed by atoms with Crippen molar-refractivity contribution in [3.8, 4) is 0 Å². The number of unbranched alkanes of at least 4 members (excludes halogenated alkanes) is 22. The molecule has 0 aliphatic rings. The highest BCUT2D eigenvalue weighted by molar-refractivity contribution is 5.93. The first-order chi connectivity index (χ1) is 26.0. The van der Waals surface area contributed by atoms with Gasteiger partial charge in [-0.2, -0.15) is 0 Å². The summed E-state index contributed by atoms with van der Waals surface area (Å²) in [6.07, 6.45) is 29.7. The van der Waals surface area contributed by atoms with E-state index in [4.69, 9.17) is 0 Å². The second-order valence-corrected chi connectivity index (χ2v) is 16.4. The van der Waals surface area contributed by atoms with Crippen molar-refractivity contribution in [3.05, 3.63) is 0 Å². The number of carbonyl (C=O) groups is 5. The molecule has 11 nitrogen and oxygen atoms in total. The summed E-state index contributed by atoms with van der Waals surface area (Å²) in [6, 6.07) is -1.05. The van der Waals surface area contributed by atoms with Gasteiger partial charge in [0.15, 0.2) is 0 Å². The van der Waals surface area contributed by atoms with Crippen LogP contribution in [0.4, 0.5) is 0 Å². The SMILES string of the molecule is CCCCCCCCCCCCCNC(=O)C[C@H](NC(=O)CNC(=O)CNC(=O)CCCCC[N+](C)(C)C)C(=O)NCCCCCCCCCCCCC. The van der Waals surface area contributed by atoms with E-state index in [1.807, 2.05) is 0 Å². The molecule has 316 valence electrons. The lowest BCUT2D eigenvalue weighted by atomic mass is 10.1. The van der Waals surface area contributed by atoms with E-state index in [1.54, 1.807) is 0 Å². The van der Waals surface area contributed by atoms with Crippen molar-refractivity contribution in [1.29, 1.82) is 0 Å². The molecule has 0 aliphatic heterocycles. The third kappa shape index (κ3) is 36.3. The fourth-order valence-electron chi connectivity index (χ4n) is 6.41. The van der Waals surface area contributed by atoms with Gasteiger partial charge < -0.3 is 31.1 Å². The predicted molar refractivity (Wildman–Crippen MR) is 223 cm³/mol. The van der Waals surface area contributed by atoms with Crippen LogP contribution in [0.15, 0.2) is 0 Å². The van der Waals surface area contributed by atoms with Gasteiger partial charge in [0, 0.05) is 19.5 Å². The lowest BCUT2D eigenvalue weighted by Crippen LogP contribution is -2.52. The van der Waals surface area contributed by atoms with Crippen LogP contribution in [0.25, 0.3) is 0 Å². The third-order valence-electron chi connectivity index (χ3n) is 9.85. The number of hydrogen-bond acceptors (Lipinski definition) is 5. The van der Waals surface area contributed by atoms with Gasteiger partial charge in [0.1, 0.15) is 6.04 Å². The molecule has 11 heteroatoms. The van der Waals surface area contributed by atoms with Gasteiger partial charge in [0.25, 0.3) is 0 Å². The van der Waals surface area contributed by atoms with Crippen molar-refractivity contribution in [3.63, 3.8) is 0 Å². The normalized spacial score (nSPS) is 11.9. The fourth-order valence-corrected chi connectivity index (χ4v) is 6.41. The Balaban J connectivity index is 4.59. The molecular formula is C43H85N6O5+. The van der Waals surface area contributed by atoms with E-state index < -0.39 is 23.8 Å². The van der Waals surface area contributed by atoms with Crippen LogP contribution in [0.2, 0.25) is 0 Å². The minimum Gasteiger partial charge on any atom is -0.356 e. The van der Waals surface area contributed by atoms with Gasteiger partial charge in [-0.15, -0.1) is 0 Å². The average Bonchev–Trinajstić information content (AvgIpc) is 3.13. The quantitative estimate of drug-likeness (QED) is 0.0333. The molecule has 5 N–H and O–H groups in total. The Morgan fingerprint density at radius 2 is 0.833 bits per heavy atom. The highest BCUT2D eigenvalue weighted by Gasteiger charge is 2.24. The lowest BCUT2D eigenvalue weighted by molar-refractivity contribution is -0.870. The molecule has 1 atom stereocenters. The van der Waals surface area contributed by atoms with E-state index in [0.29, 0.717) is 19.5 Å². The number of hydrogen-bond donors (Lipinski definition) is 5. The van der Waals surface area contributed by atoms with Crippen molar-refractivity contribution >= 4 is 29.5 Å². The van der Waals surface area contributed by atoms with Crippen LogP contribution >= 0.6 is 0 Å². The zero-order valence-electron chi connectivity index (χ0n) is 35.7. The molecule has 0 radical (unpaired) electrons. The van der Waals surface area contributed by atoms with E-state index in [2.05, 4.69) is 61.6 Å². The minimum atomic E-state index is -1.05. The smallest absolute Gasteiger partial charge is 0.243 e. The zero-order valence-corrected chi connectivity index (χ0v) is 35.7. The van der Waals surface area contributed by atoms with Crippen LogP contribution < -0.4 is 26.6 Å². The molecule has 0 aromatic carbocycles. The molecule has 0 saturated carbocycles. The highest BCUT2D eigenvalue weighted by Crippen LogP contribution is 2.12. The van der Waals surface area contributed by atoms with Gasteiger partial charge in [-0.3, -0.25) is 24.0 Å². The van der Waals surface area contributed by atoms with Crippen LogP contribution in [0.5, 0.6) is 0 Å². The summed E-state index contributed by atoms with van der Waals surface area (Å²) in [4.78, 5) is 63.2. The molecule has 5 amide bonds. The number of carbonyl (C=O) groups excluding carboxylic acids is 5. The molecular weight excluding hydrogens is 681 g/mol. The Labute approximate surface area is 331 Å². The standard InChI is InChI=1S/C43H84N6O5/c1-6-8-10-12-14-16-18-20-22-24-28-32-44-40(51)35-38(43(54)45-33-29-25-23-21-19-17-15-13-11-9-7-2)48-42(53)37-47-41(52)36-46-39(50)31-27-26-30-34-49(3,4)5/h38H,6-37H2,1-5H3,(H4-,44,45,46,47,48,50,51,52,53,54)/p+1/t38-/m0/s1. The maximum Gasteiger partial charge on any atom is 0.243 e. The lowest BCUT2D eigenvalue weighted by Gasteiger charge is -2.23. The van der Waals surface area contributed by atoms with Crippen LogP contribution in [-0.2, 0) is 24.0 Å². The van der Waals surface area contributed by atoms with E-state index in [9.17, 15) is 24.0 Å². The Morgan fingerprint density at radius 1 is 0.426 bits per heavy atom. The van der Waals surface area contributed by atoms with Crippen LogP contribution in [0, 0.1) is 0 Å². The van der Waals surface area contributed by atoms with Crippen molar-refractivity contribution in [1.82, 2.24) is 26.6 Å². The van der Waals surface area contributed by atoms with E-state index in [-0.39, 0.29) is 31.3 Å². The largest absolute Gasteiger partial charge is 0.356 e. The van der Waals surface area contributed by atoms with Crippen LogP contribution in [0.3, 0.4) is 0 Å². The molecule has 0 aliphatic carbocycles. The van der Waals surface area contributed by atoms with Gasteiger partial charge in [0.2, 0.25) is 29.5 Å².